The molecule has 4 heteroatoms. The number of amides is 1. The second-order valence-electron chi connectivity index (χ2n) is 5.90. The van der Waals surface area contributed by atoms with Crippen LogP contribution in [0.5, 0.6) is 0 Å². The highest BCUT2D eigenvalue weighted by Gasteiger charge is 2.33. The van der Waals surface area contributed by atoms with E-state index in [1.54, 1.807) is 0 Å². The van der Waals surface area contributed by atoms with Gasteiger partial charge in [0.15, 0.2) is 0 Å². The first kappa shape index (κ1) is 19.4. The summed E-state index contributed by atoms with van der Waals surface area (Å²) in [5.74, 6) is 0.145. The van der Waals surface area contributed by atoms with E-state index >= 15 is 0 Å². The van der Waals surface area contributed by atoms with Gasteiger partial charge in [-0.25, -0.2) is 0 Å². The molecule has 0 bridgehead atoms. The van der Waals surface area contributed by atoms with Crippen molar-refractivity contribution in [3.8, 4) is 0 Å². The minimum Gasteiger partial charge on any atom is -0.396 e. The summed E-state index contributed by atoms with van der Waals surface area (Å²) in [6, 6.07) is 0. The first-order valence-electron chi connectivity index (χ1n) is 8.16. The smallest absolute Gasteiger partial charge is 0.229 e. The number of rotatable bonds is 12. The van der Waals surface area contributed by atoms with Gasteiger partial charge in [0.1, 0.15) is 0 Å². The number of carbonyl (C=O) groups excluding carboxylic acids is 1. The molecular formula is C16H34N2O2. The Bertz CT molecular complexity index is 253. The molecule has 20 heavy (non-hydrogen) atoms. The molecule has 0 aliphatic rings. The molecule has 0 aliphatic heterocycles. The summed E-state index contributed by atoms with van der Waals surface area (Å²) in [5.41, 5.74) is 5.32. The van der Waals surface area contributed by atoms with Crippen LogP contribution in [-0.2, 0) is 4.79 Å². The lowest BCUT2D eigenvalue weighted by Gasteiger charge is -2.33. The maximum absolute atomic E-state index is 12.6. The zero-order valence-corrected chi connectivity index (χ0v) is 13.7. The molecule has 0 saturated heterocycles. The van der Waals surface area contributed by atoms with Gasteiger partial charge in [-0.05, 0) is 26.2 Å². The van der Waals surface area contributed by atoms with Gasteiger partial charge < -0.3 is 15.7 Å². The van der Waals surface area contributed by atoms with Crippen LogP contribution in [0.2, 0.25) is 0 Å². The summed E-state index contributed by atoms with van der Waals surface area (Å²) in [4.78, 5) is 14.5. The predicted octanol–water partition coefficient (Wildman–Crippen LogP) is 2.54. The average molecular weight is 286 g/mol. The molecule has 120 valence electrons. The number of hydrogen-bond acceptors (Lipinski definition) is 3. The van der Waals surface area contributed by atoms with Crippen LogP contribution in [0, 0.1) is 5.41 Å². The second kappa shape index (κ2) is 11.1. The van der Waals surface area contributed by atoms with E-state index in [9.17, 15) is 4.79 Å². The lowest BCUT2D eigenvalue weighted by molar-refractivity contribution is -0.141. The molecule has 1 atom stereocenters. The van der Waals surface area contributed by atoms with Crippen LogP contribution in [0.15, 0.2) is 0 Å². The molecule has 0 aromatic carbocycles. The molecule has 0 aromatic rings. The van der Waals surface area contributed by atoms with Crippen molar-refractivity contribution in [3.05, 3.63) is 0 Å². The molecule has 3 N–H and O–H groups in total. The van der Waals surface area contributed by atoms with E-state index in [4.69, 9.17) is 10.8 Å². The van der Waals surface area contributed by atoms with Gasteiger partial charge in [0.2, 0.25) is 5.91 Å². The van der Waals surface area contributed by atoms with E-state index in [0.717, 1.165) is 19.4 Å². The van der Waals surface area contributed by atoms with Crippen molar-refractivity contribution in [1.82, 2.24) is 4.90 Å². The average Bonchev–Trinajstić information content (AvgIpc) is 2.48. The third kappa shape index (κ3) is 6.71. The van der Waals surface area contributed by atoms with Crippen molar-refractivity contribution in [3.63, 3.8) is 0 Å². The van der Waals surface area contributed by atoms with Crippen molar-refractivity contribution in [1.29, 1.82) is 0 Å². The van der Waals surface area contributed by atoms with Gasteiger partial charge in [-0.3, -0.25) is 4.79 Å². The maximum Gasteiger partial charge on any atom is 0.229 e. The monoisotopic (exact) mass is 286 g/mol. The number of hydrogen-bond donors (Lipinski definition) is 2. The summed E-state index contributed by atoms with van der Waals surface area (Å²) in [7, 11) is 0. The molecule has 0 fully saturated rings. The first-order chi connectivity index (χ1) is 9.55. The Labute approximate surface area is 124 Å². The van der Waals surface area contributed by atoms with E-state index in [1.165, 1.54) is 25.7 Å². The van der Waals surface area contributed by atoms with Crippen molar-refractivity contribution in [2.24, 2.45) is 11.1 Å². The largest absolute Gasteiger partial charge is 0.396 e. The van der Waals surface area contributed by atoms with E-state index in [2.05, 4.69) is 6.92 Å². The van der Waals surface area contributed by atoms with Gasteiger partial charge in [0, 0.05) is 26.2 Å². The Morgan fingerprint density at radius 3 is 2.20 bits per heavy atom. The van der Waals surface area contributed by atoms with Crippen LogP contribution in [0.4, 0.5) is 0 Å². The fourth-order valence-corrected chi connectivity index (χ4v) is 2.25. The number of aliphatic hydroxyl groups is 1. The fourth-order valence-electron chi connectivity index (χ4n) is 2.25. The Morgan fingerprint density at radius 1 is 1.10 bits per heavy atom. The van der Waals surface area contributed by atoms with Gasteiger partial charge in [0.25, 0.3) is 0 Å². The minimum absolute atomic E-state index is 0.130. The van der Waals surface area contributed by atoms with Gasteiger partial charge in [-0.15, -0.1) is 0 Å². The van der Waals surface area contributed by atoms with E-state index in [0.29, 0.717) is 19.5 Å². The highest BCUT2D eigenvalue weighted by molar-refractivity contribution is 5.82. The summed E-state index contributed by atoms with van der Waals surface area (Å²) < 4.78 is 0. The van der Waals surface area contributed by atoms with Gasteiger partial charge in [-0.1, -0.05) is 39.5 Å². The zero-order valence-electron chi connectivity index (χ0n) is 13.7. The molecule has 0 radical (unpaired) electrons. The van der Waals surface area contributed by atoms with Crippen molar-refractivity contribution < 1.29 is 9.90 Å². The molecule has 1 amide bonds. The predicted molar refractivity (Wildman–Crippen MR) is 84.5 cm³/mol. The molecule has 1 unspecified atom stereocenters. The summed E-state index contributed by atoms with van der Waals surface area (Å²) in [6.07, 6.45) is 7.34. The molecular weight excluding hydrogens is 252 g/mol. The van der Waals surface area contributed by atoms with Crippen LogP contribution < -0.4 is 5.73 Å². The van der Waals surface area contributed by atoms with Crippen molar-refractivity contribution >= 4 is 5.91 Å². The Balaban J connectivity index is 4.42. The SMILES string of the molecule is CCCCCCCN(CCCO)C(=O)C(C)(CC)CN. The summed E-state index contributed by atoms with van der Waals surface area (Å²) >= 11 is 0. The molecule has 0 aliphatic carbocycles. The van der Waals surface area contributed by atoms with Gasteiger partial charge in [-0.2, -0.15) is 0 Å². The Hall–Kier alpha value is -0.610. The third-order valence-corrected chi connectivity index (χ3v) is 4.15. The molecule has 0 saturated carbocycles. The number of unbranched alkanes of at least 4 members (excludes halogenated alkanes) is 4. The lowest BCUT2D eigenvalue weighted by Crippen LogP contribution is -2.47. The Morgan fingerprint density at radius 2 is 1.70 bits per heavy atom. The quantitative estimate of drug-likeness (QED) is 0.542. The highest BCUT2D eigenvalue weighted by atomic mass is 16.3. The molecule has 4 nitrogen and oxygen atoms in total. The maximum atomic E-state index is 12.6. The second-order valence-corrected chi connectivity index (χ2v) is 5.90. The summed E-state index contributed by atoms with van der Waals surface area (Å²) in [5, 5.41) is 8.99. The van der Waals surface area contributed by atoms with Gasteiger partial charge >= 0.3 is 0 Å². The Kier molecular flexibility index (Phi) is 10.8. The zero-order chi connectivity index (χ0) is 15.4. The van der Waals surface area contributed by atoms with Crippen LogP contribution in [0.1, 0.15) is 65.7 Å². The molecule has 0 aromatic heterocycles. The van der Waals surface area contributed by atoms with E-state index < -0.39 is 5.41 Å². The minimum atomic E-state index is -0.459. The van der Waals surface area contributed by atoms with E-state index in [-0.39, 0.29) is 12.5 Å². The van der Waals surface area contributed by atoms with Crippen molar-refractivity contribution in [2.45, 2.75) is 65.7 Å². The number of nitrogens with zero attached hydrogens (tertiary/aromatic N) is 1. The molecule has 0 spiro atoms. The van der Waals surface area contributed by atoms with Crippen molar-refractivity contribution in [2.75, 3.05) is 26.2 Å². The first-order valence-corrected chi connectivity index (χ1v) is 8.16. The van der Waals surface area contributed by atoms with Crippen LogP contribution in [0.25, 0.3) is 0 Å². The van der Waals surface area contributed by atoms with E-state index in [1.807, 2.05) is 18.7 Å². The van der Waals surface area contributed by atoms with Crippen LogP contribution in [-0.4, -0.2) is 42.2 Å². The number of aliphatic hydroxyl groups excluding tert-OH is 1. The number of nitrogens with two attached hydrogens (primary N) is 1. The van der Waals surface area contributed by atoms with Crippen LogP contribution >= 0.6 is 0 Å². The summed E-state index contributed by atoms with van der Waals surface area (Å²) in [6.45, 7) is 8.09. The normalized spacial score (nSPS) is 14.1. The third-order valence-electron chi connectivity index (χ3n) is 4.15. The lowest BCUT2D eigenvalue weighted by atomic mass is 9.86. The fraction of sp³-hybridized carbons (Fsp3) is 0.938. The molecule has 0 rings (SSSR count). The highest BCUT2D eigenvalue weighted by Crippen LogP contribution is 2.23. The topological polar surface area (TPSA) is 66.6 Å². The molecule has 0 heterocycles. The standard InChI is InChI=1S/C16H34N2O2/c1-4-6-7-8-9-11-18(12-10-13-19)15(20)16(3,5-2)14-17/h19H,4-14,17H2,1-3H3. The number of carbonyl (C=O) groups is 1. The van der Waals surface area contributed by atoms with Gasteiger partial charge in [0.05, 0.1) is 5.41 Å². The van der Waals surface area contributed by atoms with Crippen LogP contribution in [0.3, 0.4) is 0 Å².